The zero-order chi connectivity index (χ0) is 14.3. The van der Waals surface area contributed by atoms with Gasteiger partial charge in [-0.1, -0.05) is 0 Å². The first kappa shape index (κ1) is 15.3. The highest BCUT2D eigenvalue weighted by atomic mass is 16.5. The van der Waals surface area contributed by atoms with E-state index in [0.29, 0.717) is 31.1 Å². The Hall–Kier alpha value is -1.78. The predicted octanol–water partition coefficient (Wildman–Crippen LogP) is 2.20. The average molecular weight is 265 g/mol. The van der Waals surface area contributed by atoms with Crippen LogP contribution in [0.15, 0.2) is 18.3 Å². The Kier molecular flexibility index (Phi) is 5.60. The maximum atomic E-state index is 11.7. The smallest absolute Gasteiger partial charge is 0.222 e. The van der Waals surface area contributed by atoms with Crippen molar-refractivity contribution in [2.24, 2.45) is 0 Å². The molecule has 1 aromatic heterocycles. The molecule has 1 amide bonds. The number of rotatable bonds is 6. The summed E-state index contributed by atoms with van der Waals surface area (Å²) in [5, 5.41) is 6.03. The van der Waals surface area contributed by atoms with Crippen molar-refractivity contribution in [3.63, 3.8) is 0 Å². The third-order valence-corrected chi connectivity index (χ3v) is 2.23. The van der Waals surface area contributed by atoms with Gasteiger partial charge in [-0.05, 0) is 39.8 Å². The lowest BCUT2D eigenvalue weighted by Gasteiger charge is -2.20. The van der Waals surface area contributed by atoms with Crippen LogP contribution in [-0.4, -0.2) is 29.6 Å². The van der Waals surface area contributed by atoms with Crippen molar-refractivity contribution in [2.45, 2.75) is 39.7 Å². The Bertz CT molecular complexity index is 413. The molecular weight excluding hydrogens is 242 g/mol. The highest BCUT2D eigenvalue weighted by Gasteiger charge is 2.13. The molecule has 0 atom stereocenters. The molecule has 106 valence electrons. The molecule has 0 bridgehead atoms. The van der Waals surface area contributed by atoms with Gasteiger partial charge in [-0.3, -0.25) is 4.79 Å². The van der Waals surface area contributed by atoms with E-state index in [1.807, 2.05) is 39.8 Å². The molecule has 0 saturated heterocycles. The molecule has 0 aliphatic carbocycles. The third-order valence-electron chi connectivity index (χ3n) is 2.23. The minimum Gasteiger partial charge on any atom is -0.490 e. The van der Waals surface area contributed by atoms with Crippen LogP contribution in [0.3, 0.4) is 0 Å². The fraction of sp³-hybridized carbons (Fsp3) is 0.571. The van der Waals surface area contributed by atoms with Crippen molar-refractivity contribution in [1.29, 1.82) is 0 Å². The summed E-state index contributed by atoms with van der Waals surface area (Å²) in [5.74, 6) is 1.41. The van der Waals surface area contributed by atoms with Gasteiger partial charge in [-0.25, -0.2) is 4.98 Å². The Morgan fingerprint density at radius 1 is 1.42 bits per heavy atom. The lowest BCUT2D eigenvalue weighted by atomic mass is 10.1. The molecule has 0 saturated carbocycles. The minimum absolute atomic E-state index is 0.0221. The summed E-state index contributed by atoms with van der Waals surface area (Å²) in [7, 11) is 0. The van der Waals surface area contributed by atoms with Crippen molar-refractivity contribution in [3.8, 4) is 5.75 Å². The summed E-state index contributed by atoms with van der Waals surface area (Å²) < 4.78 is 5.45. The number of carbonyl (C=O) groups is 1. The summed E-state index contributed by atoms with van der Waals surface area (Å²) >= 11 is 0. The first-order valence-corrected chi connectivity index (χ1v) is 6.55. The fourth-order valence-electron chi connectivity index (χ4n) is 1.57. The van der Waals surface area contributed by atoms with Gasteiger partial charge in [0.1, 0.15) is 0 Å². The SMILES string of the molecule is CCOc1cccnc1NCCC(=O)NC(C)(C)C. The molecule has 0 fully saturated rings. The molecule has 2 N–H and O–H groups in total. The largest absolute Gasteiger partial charge is 0.490 e. The second kappa shape index (κ2) is 6.97. The van der Waals surface area contributed by atoms with Gasteiger partial charge in [0.25, 0.3) is 0 Å². The van der Waals surface area contributed by atoms with Crippen LogP contribution < -0.4 is 15.4 Å². The first-order chi connectivity index (χ1) is 8.92. The Balaban J connectivity index is 2.43. The number of aromatic nitrogens is 1. The molecule has 1 rings (SSSR count). The maximum absolute atomic E-state index is 11.7. The number of amides is 1. The van der Waals surface area contributed by atoms with Crippen LogP contribution in [0.25, 0.3) is 0 Å². The third kappa shape index (κ3) is 6.08. The van der Waals surface area contributed by atoms with E-state index < -0.39 is 0 Å². The van der Waals surface area contributed by atoms with Crippen molar-refractivity contribution in [2.75, 3.05) is 18.5 Å². The zero-order valence-corrected chi connectivity index (χ0v) is 12.1. The van der Waals surface area contributed by atoms with E-state index in [4.69, 9.17) is 4.74 Å². The van der Waals surface area contributed by atoms with Crippen LogP contribution in [0.2, 0.25) is 0 Å². The number of carbonyl (C=O) groups excluding carboxylic acids is 1. The lowest BCUT2D eigenvalue weighted by molar-refractivity contribution is -0.122. The first-order valence-electron chi connectivity index (χ1n) is 6.55. The molecule has 0 aliphatic rings. The Morgan fingerprint density at radius 2 is 2.16 bits per heavy atom. The van der Waals surface area contributed by atoms with Gasteiger partial charge >= 0.3 is 0 Å². The summed E-state index contributed by atoms with van der Waals surface area (Å²) in [5.41, 5.74) is -0.196. The van der Waals surface area contributed by atoms with Crippen LogP contribution in [0.1, 0.15) is 34.1 Å². The molecular formula is C14H23N3O2. The average Bonchev–Trinajstić information content (AvgIpc) is 2.29. The van der Waals surface area contributed by atoms with Gasteiger partial charge in [-0.15, -0.1) is 0 Å². The number of hydrogen-bond donors (Lipinski definition) is 2. The van der Waals surface area contributed by atoms with E-state index in [0.717, 1.165) is 0 Å². The van der Waals surface area contributed by atoms with Crippen molar-refractivity contribution >= 4 is 11.7 Å². The van der Waals surface area contributed by atoms with Crippen molar-refractivity contribution in [3.05, 3.63) is 18.3 Å². The van der Waals surface area contributed by atoms with Gasteiger partial charge in [0.2, 0.25) is 5.91 Å². The second-order valence-electron chi connectivity index (χ2n) is 5.26. The van der Waals surface area contributed by atoms with E-state index in [2.05, 4.69) is 15.6 Å². The quantitative estimate of drug-likeness (QED) is 0.827. The molecule has 5 heteroatoms. The highest BCUT2D eigenvalue weighted by Crippen LogP contribution is 2.20. The number of anilines is 1. The van der Waals surface area contributed by atoms with Crippen molar-refractivity contribution in [1.82, 2.24) is 10.3 Å². The van der Waals surface area contributed by atoms with E-state index in [1.165, 1.54) is 0 Å². The number of ether oxygens (including phenoxy) is 1. The second-order valence-corrected chi connectivity index (χ2v) is 5.26. The standard InChI is InChI=1S/C14H23N3O2/c1-5-19-11-7-6-9-15-13(11)16-10-8-12(18)17-14(2,3)4/h6-7,9H,5,8,10H2,1-4H3,(H,15,16)(H,17,18). The number of nitrogens with zero attached hydrogens (tertiary/aromatic N) is 1. The topological polar surface area (TPSA) is 63.2 Å². The van der Waals surface area contributed by atoms with E-state index >= 15 is 0 Å². The molecule has 1 heterocycles. The molecule has 0 unspecified atom stereocenters. The van der Waals surface area contributed by atoms with E-state index in [1.54, 1.807) is 6.20 Å². The summed E-state index contributed by atoms with van der Waals surface area (Å²) in [4.78, 5) is 15.9. The van der Waals surface area contributed by atoms with E-state index in [9.17, 15) is 4.79 Å². The normalized spacial score (nSPS) is 10.9. The van der Waals surface area contributed by atoms with Gasteiger partial charge in [0.05, 0.1) is 6.61 Å². The minimum atomic E-state index is -0.196. The van der Waals surface area contributed by atoms with Crippen LogP contribution in [0, 0.1) is 0 Å². The summed E-state index contributed by atoms with van der Waals surface area (Å²) in [6.07, 6.45) is 2.10. The summed E-state index contributed by atoms with van der Waals surface area (Å²) in [6.45, 7) is 8.93. The van der Waals surface area contributed by atoms with Crippen LogP contribution in [0.5, 0.6) is 5.75 Å². The van der Waals surface area contributed by atoms with Crippen LogP contribution in [-0.2, 0) is 4.79 Å². The fourth-order valence-corrected chi connectivity index (χ4v) is 1.57. The van der Waals surface area contributed by atoms with Gasteiger partial charge in [0, 0.05) is 24.7 Å². The van der Waals surface area contributed by atoms with E-state index in [-0.39, 0.29) is 11.4 Å². The predicted molar refractivity (Wildman–Crippen MR) is 76.4 cm³/mol. The molecule has 1 aromatic rings. The summed E-state index contributed by atoms with van der Waals surface area (Å²) in [6, 6.07) is 3.68. The Morgan fingerprint density at radius 3 is 2.79 bits per heavy atom. The maximum Gasteiger partial charge on any atom is 0.222 e. The monoisotopic (exact) mass is 265 g/mol. The molecule has 5 nitrogen and oxygen atoms in total. The molecule has 0 aliphatic heterocycles. The van der Waals surface area contributed by atoms with Gasteiger partial charge in [-0.2, -0.15) is 0 Å². The van der Waals surface area contributed by atoms with Gasteiger partial charge in [0.15, 0.2) is 11.6 Å². The number of nitrogens with one attached hydrogen (secondary N) is 2. The zero-order valence-electron chi connectivity index (χ0n) is 12.1. The molecule has 0 aromatic carbocycles. The van der Waals surface area contributed by atoms with Crippen LogP contribution in [0.4, 0.5) is 5.82 Å². The lowest BCUT2D eigenvalue weighted by Crippen LogP contribution is -2.41. The molecule has 0 radical (unpaired) electrons. The number of pyridine rings is 1. The molecule has 19 heavy (non-hydrogen) atoms. The van der Waals surface area contributed by atoms with Gasteiger partial charge < -0.3 is 15.4 Å². The van der Waals surface area contributed by atoms with Crippen molar-refractivity contribution < 1.29 is 9.53 Å². The highest BCUT2D eigenvalue weighted by molar-refractivity contribution is 5.77. The van der Waals surface area contributed by atoms with Crippen LogP contribution >= 0.6 is 0 Å². The number of hydrogen-bond acceptors (Lipinski definition) is 4. The Labute approximate surface area is 114 Å². The molecule has 0 spiro atoms.